The van der Waals surface area contributed by atoms with Gasteiger partial charge in [0.05, 0.1) is 16.9 Å². The lowest BCUT2D eigenvalue weighted by atomic mass is 10.1. The first-order valence-corrected chi connectivity index (χ1v) is 11.6. The minimum atomic E-state index is -4.11. The number of benzene rings is 2. The van der Waals surface area contributed by atoms with Crippen LogP contribution < -0.4 is 10.0 Å². The Balaban J connectivity index is 1.79. The highest BCUT2D eigenvalue weighted by atomic mass is 32.2. The summed E-state index contributed by atoms with van der Waals surface area (Å²) >= 11 is 0. The van der Waals surface area contributed by atoms with Gasteiger partial charge in [-0.15, -0.1) is 0 Å². The second-order valence-electron chi connectivity index (χ2n) is 7.07. The molecule has 0 aliphatic rings. The quantitative estimate of drug-likeness (QED) is 0.244. The molecule has 178 valence electrons. The molecule has 0 radical (unpaired) electrons. The summed E-state index contributed by atoms with van der Waals surface area (Å²) in [6.07, 6.45) is 6.04. The molecular formula is C23H19F2N7O2S. The summed E-state index contributed by atoms with van der Waals surface area (Å²) < 4.78 is 57.5. The number of anilines is 2. The van der Waals surface area contributed by atoms with Crippen molar-refractivity contribution in [1.29, 1.82) is 0 Å². The predicted molar refractivity (Wildman–Crippen MR) is 130 cm³/mol. The molecule has 0 saturated carbocycles. The van der Waals surface area contributed by atoms with Crippen molar-refractivity contribution in [2.24, 2.45) is 4.99 Å². The number of aliphatic imine (C=N–C) groups is 1. The normalized spacial score (nSPS) is 12.5. The van der Waals surface area contributed by atoms with Crippen molar-refractivity contribution in [2.45, 2.75) is 11.8 Å². The Morgan fingerprint density at radius 1 is 1.11 bits per heavy atom. The molecule has 0 unspecified atom stereocenters. The summed E-state index contributed by atoms with van der Waals surface area (Å²) in [6, 6.07) is 9.33. The lowest BCUT2D eigenvalue weighted by Crippen LogP contribution is -2.15. The molecule has 4 aromatic rings. The van der Waals surface area contributed by atoms with E-state index in [1.807, 2.05) is 0 Å². The maximum absolute atomic E-state index is 15.4. The van der Waals surface area contributed by atoms with Crippen LogP contribution in [0.1, 0.15) is 12.6 Å². The summed E-state index contributed by atoms with van der Waals surface area (Å²) in [5, 5.41) is 2.59. The topological polar surface area (TPSA) is 125 Å². The summed E-state index contributed by atoms with van der Waals surface area (Å²) in [7, 11) is -4.11. The summed E-state index contributed by atoms with van der Waals surface area (Å²) in [4.78, 5) is 19.2. The van der Waals surface area contributed by atoms with E-state index in [9.17, 15) is 12.8 Å². The van der Waals surface area contributed by atoms with Crippen LogP contribution in [0.15, 0.2) is 83.0 Å². The Morgan fingerprint density at radius 3 is 2.60 bits per heavy atom. The molecule has 2 aromatic heterocycles. The zero-order chi connectivity index (χ0) is 25.0. The van der Waals surface area contributed by atoms with Crippen LogP contribution >= 0.6 is 0 Å². The first kappa shape index (κ1) is 23.7. The number of aromatic nitrogens is 4. The molecule has 0 atom stereocenters. The summed E-state index contributed by atoms with van der Waals surface area (Å²) in [5.41, 5.74) is 0.450. The molecule has 0 fully saturated rings. The number of fused-ring (bicyclic) bond motifs is 1. The van der Waals surface area contributed by atoms with Gasteiger partial charge in [0.15, 0.2) is 11.5 Å². The SMILES string of the molecule is C=N/C(Nc1c(F)ccc(NS(=O)(=O)c2ccccc2)c1F)=C(\C=C/C)c1ncnc2[nH]cnc12. The number of H-pyrrole nitrogens is 1. The number of nitrogens with zero attached hydrogens (tertiary/aromatic N) is 4. The molecule has 9 nitrogen and oxygen atoms in total. The van der Waals surface area contributed by atoms with Gasteiger partial charge in [0, 0.05) is 5.57 Å². The monoisotopic (exact) mass is 495 g/mol. The van der Waals surface area contributed by atoms with Crippen LogP contribution in [0.25, 0.3) is 16.7 Å². The molecule has 12 heteroatoms. The van der Waals surface area contributed by atoms with Crippen LogP contribution in [0.2, 0.25) is 0 Å². The first-order valence-electron chi connectivity index (χ1n) is 10.2. The fraction of sp³-hybridized carbons (Fsp3) is 0.0435. The van der Waals surface area contributed by atoms with Crippen LogP contribution in [0.5, 0.6) is 0 Å². The number of halogens is 2. The molecule has 3 N–H and O–H groups in total. The zero-order valence-electron chi connectivity index (χ0n) is 18.3. The summed E-state index contributed by atoms with van der Waals surface area (Å²) in [6.45, 7) is 5.24. The van der Waals surface area contributed by atoms with Gasteiger partial charge < -0.3 is 10.3 Å². The van der Waals surface area contributed by atoms with Crippen molar-refractivity contribution in [3.05, 3.63) is 90.4 Å². The smallest absolute Gasteiger partial charge is 0.261 e. The molecule has 2 aromatic carbocycles. The standard InChI is InChI=1S/C23H19F2N7O2S/c1-3-7-15(19-21-23(29-12-27-19)30-13-28-21)22(26-2)31-20-16(24)10-11-17(18(20)25)32-35(33,34)14-8-5-4-6-9-14/h3-13,31-32H,2H2,1H3,(H,27,28,29,30)/b7-3-,22-15-. The highest BCUT2D eigenvalue weighted by molar-refractivity contribution is 7.92. The second kappa shape index (κ2) is 9.81. The van der Waals surface area contributed by atoms with Gasteiger partial charge in [-0.25, -0.2) is 37.1 Å². The van der Waals surface area contributed by atoms with Crippen molar-refractivity contribution in [2.75, 3.05) is 10.0 Å². The third-order valence-electron chi connectivity index (χ3n) is 4.85. The van der Waals surface area contributed by atoms with E-state index in [4.69, 9.17) is 0 Å². The molecule has 0 saturated heterocycles. The average Bonchev–Trinajstić information content (AvgIpc) is 3.35. The lowest BCUT2D eigenvalue weighted by Gasteiger charge is -2.15. The summed E-state index contributed by atoms with van der Waals surface area (Å²) in [5.74, 6) is -2.18. The van der Waals surface area contributed by atoms with Crippen molar-refractivity contribution in [3.63, 3.8) is 0 Å². The number of hydrogen-bond donors (Lipinski definition) is 3. The van der Waals surface area contributed by atoms with Crippen LogP contribution in [-0.4, -0.2) is 35.1 Å². The van der Waals surface area contributed by atoms with E-state index in [2.05, 4.69) is 41.7 Å². The van der Waals surface area contributed by atoms with Gasteiger partial charge in [-0.05, 0) is 37.9 Å². The van der Waals surface area contributed by atoms with Crippen LogP contribution in [-0.2, 0) is 10.0 Å². The van der Waals surface area contributed by atoms with Crippen molar-refractivity contribution in [3.8, 4) is 0 Å². The number of aromatic amines is 1. The molecule has 0 bridgehead atoms. The Bertz CT molecular complexity index is 1570. The van der Waals surface area contributed by atoms with E-state index < -0.39 is 33.0 Å². The van der Waals surface area contributed by atoms with Gasteiger partial charge in [0.25, 0.3) is 10.0 Å². The van der Waals surface area contributed by atoms with E-state index in [0.717, 1.165) is 12.1 Å². The van der Waals surface area contributed by atoms with E-state index in [-0.39, 0.29) is 10.7 Å². The fourth-order valence-corrected chi connectivity index (χ4v) is 4.34. The highest BCUT2D eigenvalue weighted by Crippen LogP contribution is 2.31. The molecule has 2 heterocycles. The maximum atomic E-state index is 15.4. The minimum Gasteiger partial charge on any atom is -0.335 e. The third-order valence-corrected chi connectivity index (χ3v) is 6.23. The van der Waals surface area contributed by atoms with Crippen molar-refractivity contribution >= 4 is 44.9 Å². The lowest BCUT2D eigenvalue weighted by molar-refractivity contribution is 0.588. The number of sulfonamides is 1. The number of nitrogens with one attached hydrogen (secondary N) is 3. The molecule has 0 aliphatic carbocycles. The number of hydrogen-bond acceptors (Lipinski definition) is 7. The molecule has 0 amide bonds. The van der Waals surface area contributed by atoms with Crippen molar-refractivity contribution in [1.82, 2.24) is 19.9 Å². The second-order valence-corrected chi connectivity index (χ2v) is 8.75. The van der Waals surface area contributed by atoms with E-state index >= 15 is 4.39 Å². The Kier molecular flexibility index (Phi) is 6.64. The van der Waals surface area contributed by atoms with Crippen LogP contribution in [0.4, 0.5) is 20.2 Å². The van der Waals surface area contributed by atoms with E-state index in [0.29, 0.717) is 22.4 Å². The molecule has 35 heavy (non-hydrogen) atoms. The Labute approximate surface area is 199 Å². The first-order chi connectivity index (χ1) is 16.9. The zero-order valence-corrected chi connectivity index (χ0v) is 19.1. The molecule has 4 rings (SSSR count). The Morgan fingerprint density at radius 2 is 1.89 bits per heavy atom. The van der Waals surface area contributed by atoms with Crippen LogP contribution in [0, 0.1) is 11.6 Å². The highest BCUT2D eigenvalue weighted by Gasteiger charge is 2.22. The molecule has 0 aliphatic heterocycles. The minimum absolute atomic E-state index is 0.0352. The van der Waals surface area contributed by atoms with Crippen LogP contribution in [0.3, 0.4) is 0 Å². The van der Waals surface area contributed by atoms with E-state index in [1.165, 1.54) is 36.9 Å². The maximum Gasteiger partial charge on any atom is 0.261 e. The van der Waals surface area contributed by atoms with Gasteiger partial charge in [0.1, 0.15) is 34.9 Å². The van der Waals surface area contributed by atoms with Gasteiger partial charge in [0.2, 0.25) is 0 Å². The molecule has 0 spiro atoms. The van der Waals surface area contributed by atoms with Crippen molar-refractivity contribution < 1.29 is 17.2 Å². The average molecular weight is 496 g/mol. The number of imidazole rings is 1. The Hall–Kier alpha value is -4.45. The van der Waals surface area contributed by atoms with E-state index in [1.54, 1.807) is 25.1 Å². The third kappa shape index (κ3) is 4.77. The van der Waals surface area contributed by atoms with Gasteiger partial charge in [-0.2, -0.15) is 0 Å². The van der Waals surface area contributed by atoms with Gasteiger partial charge >= 0.3 is 0 Å². The number of allylic oxidation sites excluding steroid dienone is 3. The largest absolute Gasteiger partial charge is 0.335 e. The van der Waals surface area contributed by atoms with Gasteiger partial charge in [-0.1, -0.05) is 30.4 Å². The molecular weight excluding hydrogens is 476 g/mol. The number of rotatable bonds is 8. The predicted octanol–water partition coefficient (Wildman–Crippen LogP) is 4.49. The van der Waals surface area contributed by atoms with Gasteiger partial charge in [-0.3, -0.25) is 4.72 Å². The fourth-order valence-electron chi connectivity index (χ4n) is 3.26.